The molecule has 2 aromatic rings. The number of aliphatic hydroxyl groups is 1. The van der Waals surface area contributed by atoms with Crippen LogP contribution in [-0.4, -0.2) is 29.6 Å². The second kappa shape index (κ2) is 6.77. The third kappa shape index (κ3) is 3.77. The normalized spacial score (nSPS) is 17.0. The van der Waals surface area contributed by atoms with Gasteiger partial charge in [-0.05, 0) is 48.6 Å². The Labute approximate surface area is 135 Å². The van der Waals surface area contributed by atoms with Crippen LogP contribution in [0.2, 0.25) is 0 Å². The van der Waals surface area contributed by atoms with Crippen LogP contribution in [0.25, 0.3) is 0 Å². The average molecular weight is 317 g/mol. The fraction of sp³-hybridized carbons (Fsp3) is 0.368. The van der Waals surface area contributed by atoms with Gasteiger partial charge in [-0.3, -0.25) is 4.90 Å². The first kappa shape index (κ1) is 16.1. The predicted molar refractivity (Wildman–Crippen MR) is 86.1 cm³/mol. The van der Waals surface area contributed by atoms with Gasteiger partial charge in [-0.25, -0.2) is 8.78 Å². The largest absolute Gasteiger partial charge is 0.387 e. The summed E-state index contributed by atoms with van der Waals surface area (Å²) in [5.41, 5.74) is 2.69. The van der Waals surface area contributed by atoms with E-state index >= 15 is 0 Å². The highest BCUT2D eigenvalue weighted by Crippen LogP contribution is 2.26. The molecule has 23 heavy (non-hydrogen) atoms. The summed E-state index contributed by atoms with van der Waals surface area (Å²) in [5.74, 6) is -0.530. The molecule has 0 amide bonds. The molecule has 0 saturated carbocycles. The minimum Gasteiger partial charge on any atom is -0.387 e. The molecule has 0 spiro atoms. The molecule has 0 aromatic heterocycles. The number of aliphatic hydroxyl groups excluding tert-OH is 1. The molecule has 1 N–H and O–H groups in total. The number of rotatable bonds is 5. The molecule has 1 saturated heterocycles. The van der Waals surface area contributed by atoms with E-state index in [1.807, 2.05) is 6.07 Å². The van der Waals surface area contributed by atoms with Crippen LogP contribution in [0.1, 0.15) is 22.8 Å². The van der Waals surface area contributed by atoms with Gasteiger partial charge in [-0.2, -0.15) is 0 Å². The highest BCUT2D eigenvalue weighted by molar-refractivity contribution is 5.26. The third-order valence-electron chi connectivity index (χ3n) is 4.55. The molecule has 4 heteroatoms. The van der Waals surface area contributed by atoms with Gasteiger partial charge in [0.15, 0.2) is 0 Å². The van der Waals surface area contributed by atoms with Crippen LogP contribution in [0, 0.1) is 24.5 Å². The zero-order valence-electron chi connectivity index (χ0n) is 13.2. The summed E-state index contributed by atoms with van der Waals surface area (Å²) in [7, 11) is 0. The molecule has 1 fully saturated rings. The molecule has 1 aliphatic rings. The van der Waals surface area contributed by atoms with Crippen molar-refractivity contribution in [3.8, 4) is 0 Å². The van der Waals surface area contributed by atoms with E-state index in [0.717, 1.165) is 37.7 Å². The van der Waals surface area contributed by atoms with Crippen molar-refractivity contribution in [3.63, 3.8) is 0 Å². The smallest absolute Gasteiger partial charge is 0.129 e. The zero-order valence-corrected chi connectivity index (χ0v) is 13.2. The van der Waals surface area contributed by atoms with Gasteiger partial charge < -0.3 is 5.11 Å². The van der Waals surface area contributed by atoms with E-state index in [1.165, 1.54) is 11.1 Å². The third-order valence-corrected chi connectivity index (χ3v) is 4.55. The fourth-order valence-electron chi connectivity index (χ4n) is 3.22. The van der Waals surface area contributed by atoms with E-state index in [-0.39, 0.29) is 5.56 Å². The molecule has 0 aliphatic carbocycles. The minimum absolute atomic E-state index is 0.0346. The number of hydrogen-bond donors (Lipinski definition) is 1. The lowest BCUT2D eigenvalue weighted by atomic mass is 9.90. The zero-order chi connectivity index (χ0) is 16.4. The first-order chi connectivity index (χ1) is 11.0. The number of benzene rings is 2. The van der Waals surface area contributed by atoms with Crippen LogP contribution in [0.4, 0.5) is 8.78 Å². The van der Waals surface area contributed by atoms with Crippen molar-refractivity contribution in [2.45, 2.75) is 19.4 Å². The van der Waals surface area contributed by atoms with Crippen molar-refractivity contribution in [2.75, 3.05) is 19.6 Å². The highest BCUT2D eigenvalue weighted by atomic mass is 19.1. The summed E-state index contributed by atoms with van der Waals surface area (Å²) in [6.45, 7) is 4.21. The highest BCUT2D eigenvalue weighted by Gasteiger charge is 2.29. The molecule has 1 aliphatic heterocycles. The second-order valence-electron chi connectivity index (χ2n) is 6.40. The Morgan fingerprint density at radius 3 is 2.65 bits per heavy atom. The summed E-state index contributed by atoms with van der Waals surface area (Å²) in [6.07, 6.45) is 0.0262. The summed E-state index contributed by atoms with van der Waals surface area (Å²) in [6, 6.07) is 11.5. The van der Waals surface area contributed by atoms with Crippen molar-refractivity contribution in [3.05, 3.63) is 70.8 Å². The summed E-state index contributed by atoms with van der Waals surface area (Å²) in [5, 5.41) is 10.1. The summed E-state index contributed by atoms with van der Waals surface area (Å²) in [4.78, 5) is 2.08. The maximum atomic E-state index is 13.7. The van der Waals surface area contributed by atoms with Crippen LogP contribution >= 0.6 is 0 Å². The molecular weight excluding hydrogens is 296 g/mol. The van der Waals surface area contributed by atoms with E-state index < -0.39 is 17.7 Å². The monoisotopic (exact) mass is 317 g/mol. The maximum Gasteiger partial charge on any atom is 0.129 e. The molecule has 1 unspecified atom stereocenters. The van der Waals surface area contributed by atoms with Gasteiger partial charge in [-0.1, -0.05) is 24.3 Å². The Morgan fingerprint density at radius 2 is 1.91 bits per heavy atom. The number of likely N-dealkylation sites (tertiary alicyclic amines) is 1. The van der Waals surface area contributed by atoms with Crippen molar-refractivity contribution >= 4 is 0 Å². The SMILES string of the molecule is Cc1ccccc1CC1CN(CC(O)c2cc(F)ccc2F)C1. The Morgan fingerprint density at radius 1 is 1.17 bits per heavy atom. The van der Waals surface area contributed by atoms with Crippen molar-refractivity contribution in [1.82, 2.24) is 4.90 Å². The molecule has 122 valence electrons. The number of aryl methyl sites for hydroxylation is 1. The number of β-amino-alcohol motifs (C(OH)–C–C–N with tert-alkyl or cyclic N) is 1. The number of hydrogen-bond acceptors (Lipinski definition) is 2. The first-order valence-corrected chi connectivity index (χ1v) is 7.93. The molecular formula is C19H21F2NO. The molecule has 3 rings (SSSR count). The molecule has 0 bridgehead atoms. The van der Waals surface area contributed by atoms with Gasteiger partial charge in [0.2, 0.25) is 0 Å². The molecule has 1 heterocycles. The van der Waals surface area contributed by atoms with Gasteiger partial charge in [0.05, 0.1) is 6.10 Å². The topological polar surface area (TPSA) is 23.5 Å². The Hall–Kier alpha value is -1.78. The summed E-state index contributed by atoms with van der Waals surface area (Å²) < 4.78 is 26.8. The first-order valence-electron chi connectivity index (χ1n) is 7.93. The Bertz CT molecular complexity index is 683. The second-order valence-corrected chi connectivity index (χ2v) is 6.40. The van der Waals surface area contributed by atoms with Gasteiger partial charge in [0.25, 0.3) is 0 Å². The van der Waals surface area contributed by atoms with Crippen molar-refractivity contribution in [2.24, 2.45) is 5.92 Å². The lowest BCUT2D eigenvalue weighted by Gasteiger charge is -2.40. The Kier molecular flexibility index (Phi) is 4.74. The lowest BCUT2D eigenvalue weighted by molar-refractivity contribution is 0.0383. The molecule has 0 radical (unpaired) electrons. The van der Waals surface area contributed by atoms with Gasteiger partial charge in [0, 0.05) is 25.2 Å². The van der Waals surface area contributed by atoms with E-state index in [1.54, 1.807) is 0 Å². The lowest BCUT2D eigenvalue weighted by Crippen LogP contribution is -2.49. The van der Waals surface area contributed by atoms with Crippen LogP contribution in [0.3, 0.4) is 0 Å². The maximum absolute atomic E-state index is 13.7. The standard InChI is InChI=1S/C19H21F2NO/c1-13-4-2-3-5-15(13)8-14-10-22(11-14)12-19(23)17-9-16(20)6-7-18(17)21/h2-7,9,14,19,23H,8,10-12H2,1H3. The van der Waals surface area contributed by atoms with E-state index in [4.69, 9.17) is 0 Å². The fourth-order valence-corrected chi connectivity index (χ4v) is 3.22. The quantitative estimate of drug-likeness (QED) is 0.912. The average Bonchev–Trinajstić information content (AvgIpc) is 2.49. The van der Waals surface area contributed by atoms with Crippen molar-refractivity contribution < 1.29 is 13.9 Å². The Balaban J connectivity index is 1.52. The van der Waals surface area contributed by atoms with Crippen LogP contribution in [-0.2, 0) is 6.42 Å². The molecule has 1 atom stereocenters. The molecule has 2 nitrogen and oxygen atoms in total. The van der Waals surface area contributed by atoms with E-state index in [0.29, 0.717) is 12.5 Å². The van der Waals surface area contributed by atoms with Crippen LogP contribution < -0.4 is 0 Å². The summed E-state index contributed by atoms with van der Waals surface area (Å²) >= 11 is 0. The van der Waals surface area contributed by atoms with Crippen molar-refractivity contribution in [1.29, 1.82) is 0 Å². The minimum atomic E-state index is -0.995. The van der Waals surface area contributed by atoms with Gasteiger partial charge in [0.1, 0.15) is 11.6 Å². The molecule has 2 aromatic carbocycles. The van der Waals surface area contributed by atoms with Crippen LogP contribution in [0.5, 0.6) is 0 Å². The number of halogens is 2. The van der Waals surface area contributed by atoms with E-state index in [9.17, 15) is 13.9 Å². The number of nitrogens with zero attached hydrogens (tertiary/aromatic N) is 1. The predicted octanol–water partition coefficient (Wildman–Crippen LogP) is 3.48. The van der Waals surface area contributed by atoms with Gasteiger partial charge >= 0.3 is 0 Å². The van der Waals surface area contributed by atoms with Crippen LogP contribution in [0.15, 0.2) is 42.5 Å². The van der Waals surface area contributed by atoms with Gasteiger partial charge in [-0.15, -0.1) is 0 Å². The van der Waals surface area contributed by atoms with E-state index in [2.05, 4.69) is 30.0 Å².